The maximum atomic E-state index is 13.9. The van der Waals surface area contributed by atoms with Gasteiger partial charge in [0.05, 0.1) is 6.04 Å². The fourth-order valence-corrected chi connectivity index (χ4v) is 6.39. The van der Waals surface area contributed by atoms with Crippen LogP contribution < -0.4 is 5.32 Å². The van der Waals surface area contributed by atoms with E-state index in [0.717, 1.165) is 44.2 Å². The summed E-state index contributed by atoms with van der Waals surface area (Å²) in [6.45, 7) is 16.1. The summed E-state index contributed by atoms with van der Waals surface area (Å²) < 4.78 is 0. The molecule has 2 atom stereocenters. The minimum atomic E-state index is -0.404. The molecule has 0 aliphatic carbocycles. The third-order valence-electron chi connectivity index (χ3n) is 8.68. The van der Waals surface area contributed by atoms with Crippen molar-refractivity contribution in [3.63, 3.8) is 0 Å². The summed E-state index contributed by atoms with van der Waals surface area (Å²) in [5.74, 6) is 1.39. The van der Waals surface area contributed by atoms with Crippen LogP contribution >= 0.6 is 0 Å². The number of likely N-dealkylation sites (tertiary alicyclic amines) is 1. The number of carbonyl (C=O) groups is 3. The maximum absolute atomic E-state index is 13.9. The molecule has 1 aromatic carbocycles. The van der Waals surface area contributed by atoms with E-state index in [1.54, 1.807) is 0 Å². The highest BCUT2D eigenvalue weighted by atomic mass is 16.2. The Morgan fingerprint density at radius 1 is 0.975 bits per heavy atom. The van der Waals surface area contributed by atoms with Crippen LogP contribution in [0.4, 0.5) is 0 Å². The summed E-state index contributed by atoms with van der Waals surface area (Å²) in [5.41, 5.74) is 1.16. The number of hydrogen-bond donors (Lipinski definition) is 1. The van der Waals surface area contributed by atoms with Gasteiger partial charge in [-0.3, -0.25) is 14.4 Å². The second-order valence-corrected chi connectivity index (χ2v) is 12.8. The smallest absolute Gasteiger partial charge is 0.245 e. The van der Waals surface area contributed by atoms with E-state index >= 15 is 0 Å². The van der Waals surface area contributed by atoms with E-state index in [4.69, 9.17) is 0 Å². The largest absolute Gasteiger partial charge is 0.341 e. The second-order valence-electron chi connectivity index (χ2n) is 12.8. The second kappa shape index (κ2) is 15.6. The molecule has 3 amide bonds. The SMILES string of the molecule is CCC(CC)N(Cc1ccccc1)C(=O)CC1CCN(C(=O)C(CC(C)C)N2CCN[C@@H](CC(C)C)C2=O)CC1. The fourth-order valence-electron chi connectivity index (χ4n) is 6.39. The highest BCUT2D eigenvalue weighted by Gasteiger charge is 2.39. The number of carbonyl (C=O) groups excluding carboxylic acids is 3. The first kappa shape index (κ1) is 32.1. The number of hydrogen-bond acceptors (Lipinski definition) is 4. The molecule has 0 bridgehead atoms. The number of piperidine rings is 1. The highest BCUT2D eigenvalue weighted by molar-refractivity contribution is 5.90. The average molecular weight is 555 g/mol. The van der Waals surface area contributed by atoms with Crippen LogP contribution in [-0.2, 0) is 20.9 Å². The van der Waals surface area contributed by atoms with Gasteiger partial charge in [-0.1, -0.05) is 71.9 Å². The predicted molar refractivity (Wildman–Crippen MR) is 161 cm³/mol. The summed E-state index contributed by atoms with van der Waals surface area (Å²) in [6.07, 6.45) is 5.56. The van der Waals surface area contributed by atoms with Crippen LogP contribution in [-0.4, -0.2) is 76.7 Å². The van der Waals surface area contributed by atoms with Crippen molar-refractivity contribution >= 4 is 17.7 Å². The minimum absolute atomic E-state index is 0.0688. The molecule has 2 saturated heterocycles. The van der Waals surface area contributed by atoms with Crippen LogP contribution in [0.2, 0.25) is 0 Å². The fraction of sp³-hybridized carbons (Fsp3) is 0.727. The van der Waals surface area contributed by atoms with Crippen molar-refractivity contribution in [3.05, 3.63) is 35.9 Å². The molecule has 1 aromatic rings. The Morgan fingerprint density at radius 2 is 1.62 bits per heavy atom. The number of nitrogens with zero attached hydrogens (tertiary/aromatic N) is 3. The molecule has 0 spiro atoms. The Morgan fingerprint density at radius 3 is 2.20 bits per heavy atom. The molecule has 40 heavy (non-hydrogen) atoms. The van der Waals surface area contributed by atoms with Crippen LogP contribution in [0.25, 0.3) is 0 Å². The molecule has 0 saturated carbocycles. The molecule has 2 heterocycles. The summed E-state index contributed by atoms with van der Waals surface area (Å²) in [7, 11) is 0. The molecular weight excluding hydrogens is 500 g/mol. The van der Waals surface area contributed by atoms with Crippen molar-refractivity contribution in [2.24, 2.45) is 17.8 Å². The first-order valence-corrected chi connectivity index (χ1v) is 15.8. The number of piperazine rings is 1. The van der Waals surface area contributed by atoms with E-state index in [0.29, 0.717) is 50.9 Å². The minimum Gasteiger partial charge on any atom is -0.341 e. The lowest BCUT2D eigenvalue weighted by Crippen LogP contribution is -2.62. The third-order valence-corrected chi connectivity index (χ3v) is 8.68. The molecule has 2 aliphatic rings. The van der Waals surface area contributed by atoms with Crippen molar-refractivity contribution in [1.29, 1.82) is 0 Å². The molecule has 0 radical (unpaired) electrons. The van der Waals surface area contributed by atoms with Crippen molar-refractivity contribution in [3.8, 4) is 0 Å². The van der Waals surface area contributed by atoms with Crippen molar-refractivity contribution < 1.29 is 14.4 Å². The Labute approximate surface area is 243 Å². The Kier molecular flexibility index (Phi) is 12.5. The van der Waals surface area contributed by atoms with Gasteiger partial charge >= 0.3 is 0 Å². The van der Waals surface area contributed by atoms with E-state index in [-0.39, 0.29) is 35.7 Å². The molecule has 1 unspecified atom stereocenters. The van der Waals surface area contributed by atoms with E-state index in [1.807, 2.05) is 28.0 Å². The predicted octanol–water partition coefficient (Wildman–Crippen LogP) is 5.09. The zero-order valence-corrected chi connectivity index (χ0v) is 25.9. The number of nitrogens with one attached hydrogen (secondary N) is 1. The highest BCUT2D eigenvalue weighted by Crippen LogP contribution is 2.26. The van der Waals surface area contributed by atoms with Gasteiger partial charge in [-0.2, -0.15) is 0 Å². The number of benzene rings is 1. The van der Waals surface area contributed by atoms with Gasteiger partial charge < -0.3 is 20.0 Å². The molecule has 0 aromatic heterocycles. The molecule has 2 aliphatic heterocycles. The zero-order valence-electron chi connectivity index (χ0n) is 25.9. The van der Waals surface area contributed by atoms with Gasteiger partial charge in [0.15, 0.2) is 0 Å². The Bertz CT molecular complexity index is 938. The Balaban J connectivity index is 1.62. The average Bonchev–Trinajstić information content (AvgIpc) is 2.93. The summed E-state index contributed by atoms with van der Waals surface area (Å²) in [6, 6.07) is 9.88. The molecule has 2 fully saturated rings. The lowest BCUT2D eigenvalue weighted by atomic mass is 9.91. The lowest BCUT2D eigenvalue weighted by Gasteiger charge is -2.42. The van der Waals surface area contributed by atoms with Crippen LogP contribution in [0.5, 0.6) is 0 Å². The Hall–Kier alpha value is -2.41. The zero-order chi connectivity index (χ0) is 29.2. The standard InChI is InChI=1S/C33H54N4O3/c1-7-28(8-2)37(23-27-12-10-9-11-13-27)31(38)22-26-14-17-35(18-15-26)33(40)30(21-25(5)6)36-19-16-34-29(32(36)39)20-24(3)4/h9-13,24-26,28-30,34H,7-8,14-23H2,1-6H3/t29-,30?/m0/s1. The summed E-state index contributed by atoms with van der Waals surface area (Å²) in [5, 5.41) is 3.37. The first-order valence-electron chi connectivity index (χ1n) is 15.8. The molecular formula is C33H54N4O3. The normalized spacial score (nSPS) is 19.5. The van der Waals surface area contributed by atoms with E-state index < -0.39 is 6.04 Å². The topological polar surface area (TPSA) is 73.0 Å². The number of amides is 3. The van der Waals surface area contributed by atoms with Gasteiger partial charge in [0.1, 0.15) is 6.04 Å². The molecule has 7 heteroatoms. The van der Waals surface area contributed by atoms with Crippen molar-refractivity contribution in [2.45, 2.75) is 111 Å². The molecule has 1 N–H and O–H groups in total. The molecule has 3 rings (SSSR count). The van der Waals surface area contributed by atoms with Crippen LogP contribution in [0, 0.1) is 17.8 Å². The van der Waals surface area contributed by atoms with E-state index in [1.165, 1.54) is 0 Å². The molecule has 224 valence electrons. The lowest BCUT2D eigenvalue weighted by molar-refractivity contribution is -0.150. The van der Waals surface area contributed by atoms with E-state index in [9.17, 15) is 14.4 Å². The molecule has 7 nitrogen and oxygen atoms in total. The van der Waals surface area contributed by atoms with Gasteiger partial charge in [0, 0.05) is 45.2 Å². The number of rotatable bonds is 13. The van der Waals surface area contributed by atoms with Crippen molar-refractivity contribution in [2.75, 3.05) is 26.2 Å². The van der Waals surface area contributed by atoms with Gasteiger partial charge in [-0.25, -0.2) is 0 Å². The quantitative estimate of drug-likeness (QED) is 0.369. The van der Waals surface area contributed by atoms with Gasteiger partial charge in [0.25, 0.3) is 0 Å². The third kappa shape index (κ3) is 8.79. The van der Waals surface area contributed by atoms with Gasteiger partial charge in [-0.05, 0) is 61.8 Å². The monoisotopic (exact) mass is 554 g/mol. The van der Waals surface area contributed by atoms with Gasteiger partial charge in [-0.15, -0.1) is 0 Å². The van der Waals surface area contributed by atoms with E-state index in [2.05, 4.69) is 63.9 Å². The van der Waals surface area contributed by atoms with Crippen LogP contribution in [0.15, 0.2) is 30.3 Å². The van der Waals surface area contributed by atoms with Crippen LogP contribution in [0.3, 0.4) is 0 Å². The van der Waals surface area contributed by atoms with Gasteiger partial charge in [0.2, 0.25) is 17.7 Å². The van der Waals surface area contributed by atoms with Crippen LogP contribution in [0.1, 0.15) is 92.1 Å². The summed E-state index contributed by atoms with van der Waals surface area (Å²) >= 11 is 0. The first-order chi connectivity index (χ1) is 19.1. The maximum Gasteiger partial charge on any atom is 0.245 e. The summed E-state index contributed by atoms with van der Waals surface area (Å²) in [4.78, 5) is 46.7. The van der Waals surface area contributed by atoms with Crippen molar-refractivity contribution in [1.82, 2.24) is 20.0 Å².